The minimum absolute atomic E-state index is 0.0284. The maximum absolute atomic E-state index is 13.8. The normalized spacial score (nSPS) is 22.6. The van der Waals surface area contributed by atoms with Gasteiger partial charge in [-0.15, -0.1) is 0 Å². The van der Waals surface area contributed by atoms with Gasteiger partial charge in [-0.05, 0) is 63.1 Å². The SMILES string of the molecule is Cc1cn2nc([C@@H]3CCCCN3C(=O)c3cccc4c3CCCN4)cc2nc1N1CC[C@H](N)C1. The summed E-state index contributed by atoms with van der Waals surface area (Å²) < 4.78 is 1.87. The van der Waals surface area contributed by atoms with Gasteiger partial charge in [-0.3, -0.25) is 4.79 Å². The Morgan fingerprint density at radius 3 is 2.94 bits per heavy atom. The van der Waals surface area contributed by atoms with Crippen molar-refractivity contribution in [2.75, 3.05) is 36.4 Å². The zero-order valence-corrected chi connectivity index (χ0v) is 19.8. The van der Waals surface area contributed by atoms with E-state index in [0.29, 0.717) is 0 Å². The van der Waals surface area contributed by atoms with E-state index in [1.165, 1.54) is 0 Å². The Kier molecular flexibility index (Phi) is 5.40. The molecule has 1 amide bonds. The van der Waals surface area contributed by atoms with Crippen molar-refractivity contribution in [2.24, 2.45) is 5.73 Å². The van der Waals surface area contributed by atoms with E-state index < -0.39 is 0 Å². The first kappa shape index (κ1) is 21.4. The van der Waals surface area contributed by atoms with Gasteiger partial charge in [0.15, 0.2) is 5.65 Å². The number of hydrogen-bond acceptors (Lipinski definition) is 6. The van der Waals surface area contributed by atoms with Crippen molar-refractivity contribution in [2.45, 2.75) is 57.5 Å². The lowest BCUT2D eigenvalue weighted by molar-refractivity contribution is 0.0604. The molecule has 0 saturated carbocycles. The lowest BCUT2D eigenvalue weighted by atomic mass is 9.94. The number of likely N-dealkylation sites (tertiary alicyclic amines) is 1. The molecule has 3 aromatic rings. The number of piperidine rings is 1. The number of benzene rings is 1. The number of nitrogens with zero attached hydrogens (tertiary/aromatic N) is 5. The molecule has 0 aliphatic carbocycles. The molecule has 0 spiro atoms. The van der Waals surface area contributed by atoms with Crippen LogP contribution in [0.2, 0.25) is 0 Å². The molecular weight excluding hydrogens is 426 g/mol. The van der Waals surface area contributed by atoms with Gasteiger partial charge >= 0.3 is 0 Å². The molecule has 2 atom stereocenters. The molecule has 34 heavy (non-hydrogen) atoms. The van der Waals surface area contributed by atoms with Crippen LogP contribution in [0.5, 0.6) is 0 Å². The van der Waals surface area contributed by atoms with Gasteiger partial charge in [0, 0.05) is 61.3 Å². The summed E-state index contributed by atoms with van der Waals surface area (Å²) in [5, 5.41) is 8.35. The highest BCUT2D eigenvalue weighted by atomic mass is 16.2. The number of carbonyl (C=O) groups is 1. The van der Waals surface area contributed by atoms with Crippen LogP contribution in [0.1, 0.15) is 65.3 Å². The summed E-state index contributed by atoms with van der Waals surface area (Å²) in [4.78, 5) is 23.1. The molecule has 0 radical (unpaired) electrons. The number of rotatable bonds is 3. The maximum Gasteiger partial charge on any atom is 0.254 e. The first-order valence-corrected chi connectivity index (χ1v) is 12.6. The van der Waals surface area contributed by atoms with E-state index in [1.54, 1.807) is 0 Å². The van der Waals surface area contributed by atoms with Crippen LogP contribution in [0, 0.1) is 6.92 Å². The van der Waals surface area contributed by atoms with E-state index >= 15 is 0 Å². The second kappa shape index (κ2) is 8.58. The van der Waals surface area contributed by atoms with E-state index in [2.05, 4.69) is 35.5 Å². The number of nitrogens with two attached hydrogens (primary N) is 1. The van der Waals surface area contributed by atoms with Gasteiger partial charge in [-0.2, -0.15) is 5.10 Å². The summed E-state index contributed by atoms with van der Waals surface area (Å²) in [5.41, 5.74) is 12.1. The number of anilines is 2. The van der Waals surface area contributed by atoms with Crippen LogP contribution in [0.3, 0.4) is 0 Å². The van der Waals surface area contributed by atoms with E-state index in [4.69, 9.17) is 15.8 Å². The zero-order chi connectivity index (χ0) is 23.2. The molecule has 3 N–H and O–H groups in total. The van der Waals surface area contributed by atoms with Crippen LogP contribution in [0.4, 0.5) is 11.5 Å². The van der Waals surface area contributed by atoms with Crippen LogP contribution >= 0.6 is 0 Å². The van der Waals surface area contributed by atoms with Crippen molar-refractivity contribution in [3.05, 3.63) is 52.8 Å². The third-order valence-electron chi connectivity index (χ3n) is 7.58. The quantitative estimate of drug-likeness (QED) is 0.624. The fourth-order valence-corrected chi connectivity index (χ4v) is 5.83. The Morgan fingerprint density at radius 2 is 2.09 bits per heavy atom. The molecule has 0 bridgehead atoms. The molecule has 0 unspecified atom stereocenters. The third kappa shape index (κ3) is 3.70. The molecule has 2 aromatic heterocycles. The molecule has 3 aliphatic rings. The lowest BCUT2D eigenvalue weighted by Gasteiger charge is -2.35. The smallest absolute Gasteiger partial charge is 0.254 e. The zero-order valence-electron chi connectivity index (χ0n) is 19.8. The number of fused-ring (bicyclic) bond motifs is 2. The summed E-state index contributed by atoms with van der Waals surface area (Å²) in [5.74, 6) is 1.12. The molecule has 6 rings (SSSR count). The van der Waals surface area contributed by atoms with Gasteiger partial charge in [0.1, 0.15) is 5.82 Å². The maximum atomic E-state index is 13.8. The second-order valence-electron chi connectivity index (χ2n) is 9.99. The van der Waals surface area contributed by atoms with Gasteiger partial charge < -0.3 is 20.9 Å². The Labute approximate surface area is 200 Å². The lowest BCUT2D eigenvalue weighted by Crippen LogP contribution is -2.39. The molecule has 1 aromatic carbocycles. The molecular formula is C26H33N7O. The predicted octanol–water partition coefficient (Wildman–Crippen LogP) is 3.30. The predicted molar refractivity (Wildman–Crippen MR) is 133 cm³/mol. The van der Waals surface area contributed by atoms with Crippen LogP contribution in [0.25, 0.3) is 5.65 Å². The Hall–Kier alpha value is -3.13. The summed E-state index contributed by atoms with van der Waals surface area (Å²) >= 11 is 0. The number of amides is 1. The van der Waals surface area contributed by atoms with Crippen molar-refractivity contribution < 1.29 is 4.79 Å². The molecule has 8 heteroatoms. The summed E-state index contributed by atoms with van der Waals surface area (Å²) in [7, 11) is 0. The Bertz CT molecular complexity index is 1240. The fraction of sp³-hybridized carbons (Fsp3) is 0.500. The fourth-order valence-electron chi connectivity index (χ4n) is 5.83. The van der Waals surface area contributed by atoms with E-state index in [9.17, 15) is 4.79 Å². The van der Waals surface area contributed by atoms with Crippen molar-refractivity contribution in [1.29, 1.82) is 0 Å². The Morgan fingerprint density at radius 1 is 1.18 bits per heavy atom. The summed E-state index contributed by atoms with van der Waals surface area (Å²) in [6, 6.07) is 8.31. The highest BCUT2D eigenvalue weighted by Gasteiger charge is 2.32. The van der Waals surface area contributed by atoms with Crippen molar-refractivity contribution in [3.8, 4) is 0 Å². The average molecular weight is 460 g/mol. The van der Waals surface area contributed by atoms with Crippen molar-refractivity contribution >= 4 is 23.1 Å². The molecule has 8 nitrogen and oxygen atoms in total. The molecule has 178 valence electrons. The van der Waals surface area contributed by atoms with Crippen LogP contribution < -0.4 is 16.0 Å². The first-order valence-electron chi connectivity index (χ1n) is 12.6. The first-order chi connectivity index (χ1) is 16.6. The van der Waals surface area contributed by atoms with Gasteiger partial charge in [0.05, 0.1) is 11.7 Å². The summed E-state index contributed by atoms with van der Waals surface area (Å²) in [6.45, 7) is 5.59. The molecule has 5 heterocycles. The number of aromatic nitrogens is 3. The number of nitrogens with one attached hydrogen (secondary N) is 1. The molecule has 2 fully saturated rings. The minimum atomic E-state index is -0.0284. The number of aryl methyl sites for hydroxylation is 1. The summed E-state index contributed by atoms with van der Waals surface area (Å²) in [6.07, 6.45) is 8.11. The third-order valence-corrected chi connectivity index (χ3v) is 7.58. The van der Waals surface area contributed by atoms with Crippen LogP contribution in [-0.2, 0) is 6.42 Å². The van der Waals surface area contributed by atoms with E-state index in [-0.39, 0.29) is 18.0 Å². The molecule has 2 saturated heterocycles. The molecule has 3 aliphatic heterocycles. The highest BCUT2D eigenvalue weighted by Crippen LogP contribution is 2.34. The standard InChI is InChI=1S/C26H33N7O/c1-17-15-33-24(29-25(17)31-13-10-18(27)16-31)14-22(30-33)23-9-2-3-12-32(23)26(34)20-6-4-8-21-19(20)7-5-11-28-21/h4,6,8,14-15,18,23,28H,2-3,5,7,9-13,16,27H2,1H3/t18-,23-/m0/s1. The van der Waals surface area contributed by atoms with Crippen LogP contribution in [-0.4, -0.2) is 57.6 Å². The van der Waals surface area contributed by atoms with Gasteiger partial charge in [-0.25, -0.2) is 9.50 Å². The topological polar surface area (TPSA) is 91.8 Å². The highest BCUT2D eigenvalue weighted by molar-refractivity contribution is 5.97. The van der Waals surface area contributed by atoms with Crippen molar-refractivity contribution in [1.82, 2.24) is 19.5 Å². The minimum Gasteiger partial charge on any atom is -0.385 e. The number of carbonyl (C=O) groups excluding carboxylic acids is 1. The van der Waals surface area contributed by atoms with E-state index in [1.807, 2.05) is 21.5 Å². The van der Waals surface area contributed by atoms with Gasteiger partial charge in [0.2, 0.25) is 0 Å². The van der Waals surface area contributed by atoms with Gasteiger partial charge in [0.25, 0.3) is 5.91 Å². The van der Waals surface area contributed by atoms with Crippen LogP contribution in [0.15, 0.2) is 30.5 Å². The number of hydrogen-bond donors (Lipinski definition) is 2. The monoisotopic (exact) mass is 459 g/mol. The van der Waals surface area contributed by atoms with Crippen molar-refractivity contribution in [3.63, 3.8) is 0 Å². The van der Waals surface area contributed by atoms with Gasteiger partial charge in [-0.1, -0.05) is 6.07 Å². The Balaban J connectivity index is 1.33. The van der Waals surface area contributed by atoms with E-state index in [0.717, 1.165) is 104 Å². The largest absolute Gasteiger partial charge is 0.385 e. The second-order valence-corrected chi connectivity index (χ2v) is 9.99. The average Bonchev–Trinajstić information content (AvgIpc) is 3.48.